The second-order valence-corrected chi connectivity index (χ2v) is 3.36. The second kappa shape index (κ2) is 2.88. The SMILES string of the molecule is CN1CC(O)C1c1ccccc1. The molecule has 2 nitrogen and oxygen atoms in total. The van der Waals surface area contributed by atoms with Crippen LogP contribution in [0.5, 0.6) is 0 Å². The molecule has 1 fully saturated rings. The van der Waals surface area contributed by atoms with Gasteiger partial charge in [-0.15, -0.1) is 0 Å². The van der Waals surface area contributed by atoms with E-state index in [0.717, 1.165) is 6.54 Å². The van der Waals surface area contributed by atoms with E-state index < -0.39 is 0 Å². The van der Waals surface area contributed by atoms with Gasteiger partial charge in [-0.2, -0.15) is 0 Å². The van der Waals surface area contributed by atoms with Crippen molar-refractivity contribution in [3.63, 3.8) is 0 Å². The van der Waals surface area contributed by atoms with Gasteiger partial charge in [0.1, 0.15) is 0 Å². The Bertz CT molecular complexity index is 252. The van der Waals surface area contributed by atoms with Crippen LogP contribution in [0.3, 0.4) is 0 Å². The second-order valence-electron chi connectivity index (χ2n) is 3.36. The zero-order chi connectivity index (χ0) is 8.55. The van der Waals surface area contributed by atoms with Crippen molar-refractivity contribution in [3.8, 4) is 0 Å². The van der Waals surface area contributed by atoms with E-state index in [-0.39, 0.29) is 12.1 Å². The quantitative estimate of drug-likeness (QED) is 0.668. The number of likely N-dealkylation sites (N-methyl/N-ethyl adjacent to an activating group) is 1. The highest BCUT2D eigenvalue weighted by Gasteiger charge is 2.35. The normalized spacial score (nSPS) is 29.8. The number of hydrogen-bond donors (Lipinski definition) is 1. The summed E-state index contributed by atoms with van der Waals surface area (Å²) in [5.74, 6) is 0. The third kappa shape index (κ3) is 1.13. The Labute approximate surface area is 72.4 Å². The highest BCUT2D eigenvalue weighted by Crippen LogP contribution is 2.31. The third-order valence-electron chi connectivity index (χ3n) is 2.46. The lowest BCUT2D eigenvalue weighted by atomic mass is 9.93. The number of benzene rings is 1. The van der Waals surface area contributed by atoms with Gasteiger partial charge in [0.2, 0.25) is 0 Å². The van der Waals surface area contributed by atoms with Crippen molar-refractivity contribution in [2.24, 2.45) is 0 Å². The summed E-state index contributed by atoms with van der Waals surface area (Å²) in [6, 6.07) is 10.3. The fourth-order valence-electron chi connectivity index (χ4n) is 1.79. The average molecular weight is 163 g/mol. The Balaban J connectivity index is 2.20. The first kappa shape index (κ1) is 7.77. The zero-order valence-corrected chi connectivity index (χ0v) is 7.14. The summed E-state index contributed by atoms with van der Waals surface area (Å²) in [6.07, 6.45) is -0.183. The van der Waals surface area contributed by atoms with Gasteiger partial charge in [0.15, 0.2) is 0 Å². The molecule has 0 bridgehead atoms. The molecule has 64 valence electrons. The molecule has 0 amide bonds. The smallest absolute Gasteiger partial charge is 0.0863 e. The van der Waals surface area contributed by atoms with Crippen LogP contribution in [0.2, 0.25) is 0 Å². The maximum atomic E-state index is 9.49. The Morgan fingerprint density at radius 2 is 2.00 bits per heavy atom. The molecule has 2 atom stereocenters. The van der Waals surface area contributed by atoms with Crippen LogP contribution < -0.4 is 0 Å². The lowest BCUT2D eigenvalue weighted by Crippen LogP contribution is -2.51. The summed E-state index contributed by atoms with van der Waals surface area (Å²) in [5.41, 5.74) is 1.21. The number of likely N-dealkylation sites (tertiary alicyclic amines) is 1. The van der Waals surface area contributed by atoms with Crippen LogP contribution in [0.25, 0.3) is 0 Å². The molecular weight excluding hydrogens is 150 g/mol. The standard InChI is InChI=1S/C10H13NO/c1-11-7-9(12)10(11)8-5-3-2-4-6-8/h2-6,9-10,12H,7H2,1H3. The van der Waals surface area contributed by atoms with E-state index in [9.17, 15) is 5.11 Å². The van der Waals surface area contributed by atoms with Crippen LogP contribution in [0, 0.1) is 0 Å². The minimum Gasteiger partial charge on any atom is -0.390 e. The Morgan fingerprint density at radius 3 is 2.50 bits per heavy atom. The molecule has 2 rings (SSSR count). The molecule has 2 heteroatoms. The maximum Gasteiger partial charge on any atom is 0.0863 e. The first-order chi connectivity index (χ1) is 5.79. The van der Waals surface area contributed by atoms with E-state index in [1.54, 1.807) is 0 Å². The molecule has 1 heterocycles. The van der Waals surface area contributed by atoms with E-state index in [1.165, 1.54) is 5.56 Å². The molecule has 12 heavy (non-hydrogen) atoms. The van der Waals surface area contributed by atoms with E-state index in [2.05, 4.69) is 17.0 Å². The molecule has 1 saturated heterocycles. The summed E-state index contributed by atoms with van der Waals surface area (Å²) in [6.45, 7) is 0.791. The topological polar surface area (TPSA) is 23.5 Å². The highest BCUT2D eigenvalue weighted by atomic mass is 16.3. The van der Waals surface area contributed by atoms with Crippen molar-refractivity contribution in [1.29, 1.82) is 0 Å². The molecule has 2 unspecified atom stereocenters. The summed E-state index contributed by atoms with van der Waals surface area (Å²) < 4.78 is 0. The van der Waals surface area contributed by atoms with Crippen molar-refractivity contribution < 1.29 is 5.11 Å². The van der Waals surface area contributed by atoms with E-state index in [4.69, 9.17) is 0 Å². The van der Waals surface area contributed by atoms with Gasteiger partial charge in [-0.1, -0.05) is 30.3 Å². The Morgan fingerprint density at radius 1 is 1.33 bits per heavy atom. The summed E-state index contributed by atoms with van der Waals surface area (Å²) >= 11 is 0. The van der Waals surface area contributed by atoms with E-state index >= 15 is 0 Å². The van der Waals surface area contributed by atoms with Crippen molar-refractivity contribution >= 4 is 0 Å². The predicted octanol–water partition coefficient (Wildman–Crippen LogP) is 1.03. The van der Waals surface area contributed by atoms with Crippen LogP contribution in [0.4, 0.5) is 0 Å². The number of rotatable bonds is 1. The van der Waals surface area contributed by atoms with Crippen LogP contribution in [-0.2, 0) is 0 Å². The Hall–Kier alpha value is -0.860. The minimum atomic E-state index is -0.183. The van der Waals surface area contributed by atoms with Gasteiger partial charge in [-0.05, 0) is 12.6 Å². The maximum absolute atomic E-state index is 9.49. The Kier molecular flexibility index (Phi) is 1.87. The third-order valence-corrected chi connectivity index (χ3v) is 2.46. The van der Waals surface area contributed by atoms with Gasteiger partial charge in [-0.25, -0.2) is 0 Å². The minimum absolute atomic E-state index is 0.183. The van der Waals surface area contributed by atoms with Crippen molar-refractivity contribution in [2.45, 2.75) is 12.1 Å². The van der Waals surface area contributed by atoms with Gasteiger partial charge in [0.05, 0.1) is 12.1 Å². The molecule has 1 aliphatic rings. The molecule has 0 aromatic heterocycles. The number of aliphatic hydroxyl groups excluding tert-OH is 1. The largest absolute Gasteiger partial charge is 0.390 e. The molecule has 1 N–H and O–H groups in total. The summed E-state index contributed by atoms with van der Waals surface area (Å²) in [7, 11) is 2.03. The molecule has 1 aromatic rings. The average Bonchev–Trinajstić information content (AvgIpc) is 2.05. The monoisotopic (exact) mass is 163 g/mol. The lowest BCUT2D eigenvalue weighted by molar-refractivity contribution is -0.0468. The molecule has 0 saturated carbocycles. The van der Waals surface area contributed by atoms with Crippen molar-refractivity contribution in [1.82, 2.24) is 4.90 Å². The van der Waals surface area contributed by atoms with Gasteiger partial charge < -0.3 is 5.11 Å². The summed E-state index contributed by atoms with van der Waals surface area (Å²) in [4.78, 5) is 2.15. The highest BCUT2D eigenvalue weighted by molar-refractivity contribution is 5.22. The van der Waals surface area contributed by atoms with Gasteiger partial charge in [-0.3, -0.25) is 4.90 Å². The van der Waals surface area contributed by atoms with Crippen LogP contribution in [0.15, 0.2) is 30.3 Å². The molecule has 0 radical (unpaired) electrons. The van der Waals surface area contributed by atoms with Crippen molar-refractivity contribution in [3.05, 3.63) is 35.9 Å². The van der Waals surface area contributed by atoms with Crippen molar-refractivity contribution in [2.75, 3.05) is 13.6 Å². The number of hydrogen-bond acceptors (Lipinski definition) is 2. The van der Waals surface area contributed by atoms with Gasteiger partial charge in [0.25, 0.3) is 0 Å². The first-order valence-electron chi connectivity index (χ1n) is 4.22. The van der Waals surface area contributed by atoms with Gasteiger partial charge in [0, 0.05) is 6.54 Å². The van der Waals surface area contributed by atoms with Crippen LogP contribution in [0.1, 0.15) is 11.6 Å². The fraction of sp³-hybridized carbons (Fsp3) is 0.400. The zero-order valence-electron chi connectivity index (χ0n) is 7.14. The molecule has 1 aliphatic heterocycles. The first-order valence-corrected chi connectivity index (χ1v) is 4.22. The van der Waals surface area contributed by atoms with E-state index in [1.807, 2.05) is 25.2 Å². The van der Waals surface area contributed by atoms with E-state index in [0.29, 0.717) is 0 Å². The molecular formula is C10H13NO. The van der Waals surface area contributed by atoms with Crippen LogP contribution in [-0.4, -0.2) is 29.7 Å². The molecule has 1 aromatic carbocycles. The molecule has 0 aliphatic carbocycles. The molecule has 0 spiro atoms. The number of β-amino-alcohol motifs (C(OH)–C–C–N with tert-alkyl or cyclic N) is 1. The summed E-state index contributed by atoms with van der Waals surface area (Å²) in [5, 5.41) is 9.49. The predicted molar refractivity (Wildman–Crippen MR) is 47.8 cm³/mol. The fourth-order valence-corrected chi connectivity index (χ4v) is 1.79. The number of nitrogens with zero attached hydrogens (tertiary/aromatic N) is 1. The lowest BCUT2D eigenvalue weighted by Gasteiger charge is -2.43. The van der Waals surface area contributed by atoms with Crippen LogP contribution >= 0.6 is 0 Å². The van der Waals surface area contributed by atoms with Gasteiger partial charge >= 0.3 is 0 Å². The number of aliphatic hydroxyl groups is 1.